The largest absolute Gasteiger partial charge is 0.352 e. The first-order valence-electron chi connectivity index (χ1n) is 10.0. The van der Waals surface area contributed by atoms with Crippen LogP contribution in [-0.4, -0.2) is 29.4 Å². The maximum atomic E-state index is 14.4. The van der Waals surface area contributed by atoms with Crippen LogP contribution in [0.5, 0.6) is 0 Å². The van der Waals surface area contributed by atoms with Gasteiger partial charge in [-0.15, -0.1) is 0 Å². The topological polar surface area (TPSA) is 71.1 Å². The molecule has 0 aliphatic heterocycles. The monoisotopic (exact) mass is 397 g/mol. The summed E-state index contributed by atoms with van der Waals surface area (Å²) in [6.07, 6.45) is 6.47. The fourth-order valence-corrected chi connectivity index (χ4v) is 3.26. The molecule has 1 fully saturated rings. The van der Waals surface area contributed by atoms with Crippen LogP contribution in [0.15, 0.2) is 36.7 Å². The van der Waals surface area contributed by atoms with Crippen LogP contribution in [0.2, 0.25) is 0 Å². The van der Waals surface area contributed by atoms with Crippen molar-refractivity contribution in [1.82, 2.24) is 15.6 Å². The summed E-state index contributed by atoms with van der Waals surface area (Å²) in [5.74, 6) is -0.729. The van der Waals surface area contributed by atoms with Gasteiger partial charge in [0.05, 0.1) is 5.56 Å². The number of carbonyl (C=O) groups is 2. The Kier molecular flexibility index (Phi) is 6.30. The first-order valence-corrected chi connectivity index (χ1v) is 10.0. The number of hydrogen-bond acceptors (Lipinski definition) is 3. The molecule has 1 aromatic carbocycles. The predicted octanol–water partition coefficient (Wildman–Crippen LogP) is 3.81. The van der Waals surface area contributed by atoms with Crippen molar-refractivity contribution in [3.05, 3.63) is 64.7 Å². The first-order chi connectivity index (χ1) is 13.7. The number of pyridine rings is 1. The molecule has 1 aliphatic rings. The normalized spacial score (nSPS) is 13.8. The minimum atomic E-state index is -0.357. The van der Waals surface area contributed by atoms with Crippen molar-refractivity contribution in [3.63, 3.8) is 0 Å². The standard InChI is InChI=1S/C23H28FN3O2/c1-15-18(11-17(12-20(15)24)22(29)27-19-6-7-19)13-23(2,3)8-10-26-21(28)16-5-4-9-25-14-16/h4-5,9,11-12,14,19H,6-8,10,13H2,1-3H3,(H,26,28)(H,27,29). The molecular weight excluding hydrogens is 369 g/mol. The predicted molar refractivity (Wildman–Crippen MR) is 110 cm³/mol. The second kappa shape index (κ2) is 8.72. The highest BCUT2D eigenvalue weighted by atomic mass is 19.1. The number of carbonyl (C=O) groups excluding carboxylic acids is 2. The van der Waals surface area contributed by atoms with Crippen LogP contribution in [0.4, 0.5) is 4.39 Å². The molecule has 6 heteroatoms. The summed E-state index contributed by atoms with van der Waals surface area (Å²) in [6.45, 7) is 6.41. The Morgan fingerprint density at radius 2 is 1.97 bits per heavy atom. The smallest absolute Gasteiger partial charge is 0.252 e. The Hall–Kier alpha value is -2.76. The van der Waals surface area contributed by atoms with E-state index in [1.54, 1.807) is 31.3 Å². The maximum Gasteiger partial charge on any atom is 0.252 e. The second-order valence-corrected chi connectivity index (χ2v) is 8.58. The van der Waals surface area contributed by atoms with Gasteiger partial charge >= 0.3 is 0 Å². The Labute approximate surface area is 171 Å². The van der Waals surface area contributed by atoms with Crippen molar-refractivity contribution < 1.29 is 14.0 Å². The van der Waals surface area contributed by atoms with Crippen molar-refractivity contribution in [3.8, 4) is 0 Å². The highest BCUT2D eigenvalue weighted by molar-refractivity contribution is 5.95. The molecule has 2 amide bonds. The van der Waals surface area contributed by atoms with E-state index in [1.807, 2.05) is 0 Å². The third-order valence-electron chi connectivity index (χ3n) is 5.31. The average Bonchev–Trinajstić information content (AvgIpc) is 3.49. The van der Waals surface area contributed by atoms with E-state index in [0.29, 0.717) is 29.7 Å². The van der Waals surface area contributed by atoms with Crippen molar-refractivity contribution in [2.24, 2.45) is 5.41 Å². The van der Waals surface area contributed by atoms with Gasteiger partial charge < -0.3 is 10.6 Å². The molecule has 0 atom stereocenters. The van der Waals surface area contributed by atoms with E-state index in [4.69, 9.17) is 0 Å². The van der Waals surface area contributed by atoms with Crippen molar-refractivity contribution in [2.45, 2.75) is 52.5 Å². The number of aromatic nitrogens is 1. The zero-order valence-electron chi connectivity index (χ0n) is 17.2. The fourth-order valence-electron chi connectivity index (χ4n) is 3.26. The number of rotatable bonds is 8. The molecule has 1 heterocycles. The molecule has 0 unspecified atom stereocenters. The van der Waals surface area contributed by atoms with Crippen molar-refractivity contribution in [1.29, 1.82) is 0 Å². The summed E-state index contributed by atoms with van der Waals surface area (Å²) in [5.41, 5.74) is 2.12. The van der Waals surface area contributed by atoms with Gasteiger partial charge in [-0.1, -0.05) is 13.8 Å². The second-order valence-electron chi connectivity index (χ2n) is 8.58. The Bertz CT molecular complexity index is 892. The van der Waals surface area contributed by atoms with Gasteiger partial charge in [0.25, 0.3) is 11.8 Å². The molecule has 1 saturated carbocycles. The molecule has 29 heavy (non-hydrogen) atoms. The van der Waals surface area contributed by atoms with Crippen LogP contribution >= 0.6 is 0 Å². The summed E-state index contributed by atoms with van der Waals surface area (Å²) in [5, 5.41) is 5.82. The van der Waals surface area contributed by atoms with E-state index < -0.39 is 0 Å². The lowest BCUT2D eigenvalue weighted by Crippen LogP contribution is -2.29. The highest BCUT2D eigenvalue weighted by Gasteiger charge is 2.26. The Balaban J connectivity index is 1.61. The van der Waals surface area contributed by atoms with E-state index in [9.17, 15) is 14.0 Å². The van der Waals surface area contributed by atoms with Gasteiger partial charge in [0.2, 0.25) is 0 Å². The van der Waals surface area contributed by atoms with E-state index >= 15 is 0 Å². The van der Waals surface area contributed by atoms with Gasteiger partial charge in [0.15, 0.2) is 0 Å². The van der Waals surface area contributed by atoms with E-state index in [-0.39, 0.29) is 29.1 Å². The molecule has 1 aromatic heterocycles. The highest BCUT2D eigenvalue weighted by Crippen LogP contribution is 2.29. The number of hydrogen-bond donors (Lipinski definition) is 2. The third-order valence-corrected chi connectivity index (χ3v) is 5.31. The number of benzene rings is 1. The van der Waals surface area contributed by atoms with Gasteiger partial charge in [0, 0.05) is 30.5 Å². The number of nitrogens with one attached hydrogen (secondary N) is 2. The lowest BCUT2D eigenvalue weighted by molar-refractivity contribution is 0.0940. The summed E-state index contributed by atoms with van der Waals surface area (Å²) in [6, 6.07) is 6.79. The summed E-state index contributed by atoms with van der Waals surface area (Å²) in [7, 11) is 0. The minimum Gasteiger partial charge on any atom is -0.352 e. The third kappa shape index (κ3) is 5.86. The van der Waals surface area contributed by atoms with Crippen LogP contribution in [-0.2, 0) is 6.42 Å². The molecule has 5 nitrogen and oxygen atoms in total. The van der Waals surface area contributed by atoms with Gasteiger partial charge in [-0.05, 0) is 73.4 Å². The van der Waals surface area contributed by atoms with Crippen LogP contribution in [0.1, 0.15) is 65.0 Å². The van der Waals surface area contributed by atoms with Gasteiger partial charge in [-0.3, -0.25) is 14.6 Å². The van der Waals surface area contributed by atoms with Crippen molar-refractivity contribution >= 4 is 11.8 Å². The molecule has 0 saturated heterocycles. The number of amides is 2. The molecule has 0 radical (unpaired) electrons. The number of halogens is 1. The van der Waals surface area contributed by atoms with Crippen molar-refractivity contribution in [2.75, 3.05) is 6.54 Å². The van der Waals surface area contributed by atoms with E-state index in [2.05, 4.69) is 29.5 Å². The zero-order chi connectivity index (χ0) is 21.0. The molecule has 2 aromatic rings. The average molecular weight is 397 g/mol. The van der Waals surface area contributed by atoms with Crippen LogP contribution < -0.4 is 10.6 Å². The van der Waals surface area contributed by atoms with Gasteiger partial charge in [-0.25, -0.2) is 4.39 Å². The minimum absolute atomic E-state index is 0.158. The molecule has 0 spiro atoms. The Morgan fingerprint density at radius 3 is 2.62 bits per heavy atom. The SMILES string of the molecule is Cc1c(F)cc(C(=O)NC2CC2)cc1CC(C)(C)CCNC(=O)c1cccnc1. The summed E-state index contributed by atoms with van der Waals surface area (Å²) >= 11 is 0. The van der Waals surface area contributed by atoms with Gasteiger partial charge in [0.1, 0.15) is 5.82 Å². The molecule has 2 N–H and O–H groups in total. The fraction of sp³-hybridized carbons (Fsp3) is 0.435. The van der Waals surface area contributed by atoms with E-state index in [0.717, 1.165) is 24.8 Å². The summed E-state index contributed by atoms with van der Waals surface area (Å²) < 4.78 is 14.4. The molecule has 0 bridgehead atoms. The Morgan fingerprint density at radius 1 is 1.21 bits per heavy atom. The number of nitrogens with zero attached hydrogens (tertiary/aromatic N) is 1. The van der Waals surface area contributed by atoms with Crippen LogP contribution in [0.3, 0.4) is 0 Å². The lowest BCUT2D eigenvalue weighted by atomic mass is 9.81. The lowest BCUT2D eigenvalue weighted by Gasteiger charge is -2.26. The molecule has 154 valence electrons. The molecule has 1 aliphatic carbocycles. The first kappa shape index (κ1) is 21.0. The molecular formula is C23H28FN3O2. The van der Waals surface area contributed by atoms with Crippen LogP contribution in [0, 0.1) is 18.2 Å². The van der Waals surface area contributed by atoms with Crippen LogP contribution in [0.25, 0.3) is 0 Å². The summed E-state index contributed by atoms with van der Waals surface area (Å²) in [4.78, 5) is 28.4. The quantitative estimate of drug-likeness (QED) is 0.712. The van der Waals surface area contributed by atoms with Gasteiger partial charge in [-0.2, -0.15) is 0 Å². The zero-order valence-corrected chi connectivity index (χ0v) is 17.2. The van der Waals surface area contributed by atoms with E-state index in [1.165, 1.54) is 12.3 Å². The maximum absolute atomic E-state index is 14.4. The molecule has 3 rings (SSSR count).